The molecule has 5 nitrogen and oxygen atoms in total. The minimum absolute atomic E-state index is 0.269. The summed E-state index contributed by atoms with van der Waals surface area (Å²) in [6.45, 7) is 0. The predicted octanol–water partition coefficient (Wildman–Crippen LogP) is 0.857. The Kier molecular flexibility index (Phi) is 2.23. The van der Waals surface area contributed by atoms with E-state index in [2.05, 4.69) is 18.5 Å². The van der Waals surface area contributed by atoms with Crippen LogP contribution < -0.4 is 0 Å². The Morgan fingerprint density at radius 1 is 1.44 bits per heavy atom. The van der Waals surface area contributed by atoms with Crippen LogP contribution in [0.4, 0.5) is 0 Å². The topological polar surface area (TPSA) is 66.5 Å². The molecule has 0 unspecified atom stereocenters. The SMILES string of the molecule is O=C1C=CN=N1.[N]1=[N][Fe]1. The number of hydrogen-bond donors (Lipinski definition) is 0. The van der Waals surface area contributed by atoms with Gasteiger partial charge in [-0.1, -0.05) is 0 Å². The summed E-state index contributed by atoms with van der Waals surface area (Å²) in [5.74, 6) is -0.269. The third kappa shape index (κ3) is 3.69. The fourth-order valence-electron chi connectivity index (χ4n) is 0.221. The third-order valence-corrected chi connectivity index (χ3v) is 0.732. The van der Waals surface area contributed by atoms with Crippen molar-refractivity contribution in [3.63, 3.8) is 0 Å². The number of azo groups is 1. The molecule has 1 amide bonds. The van der Waals surface area contributed by atoms with Gasteiger partial charge in [0.1, 0.15) is 0 Å². The summed E-state index contributed by atoms with van der Waals surface area (Å²) in [6.07, 6.45) is 2.67. The van der Waals surface area contributed by atoms with Gasteiger partial charge in [-0.3, -0.25) is 4.79 Å². The molecule has 0 saturated heterocycles. The fourth-order valence-corrected chi connectivity index (χ4v) is 0.221. The number of rotatable bonds is 0. The van der Waals surface area contributed by atoms with Gasteiger partial charge in [-0.05, 0) is 0 Å². The van der Waals surface area contributed by atoms with E-state index in [4.69, 9.17) is 0 Å². The quantitative estimate of drug-likeness (QED) is 0.492. The molecule has 0 fully saturated rings. The Balaban J connectivity index is 0.000000112. The van der Waals surface area contributed by atoms with E-state index in [1.807, 2.05) is 0 Å². The van der Waals surface area contributed by atoms with Gasteiger partial charge in [0.15, 0.2) is 0 Å². The number of nitrogens with zero attached hydrogens (tertiary/aromatic N) is 4. The van der Waals surface area contributed by atoms with Crippen LogP contribution in [-0.2, 0) is 20.2 Å². The summed E-state index contributed by atoms with van der Waals surface area (Å²) < 4.78 is 6.75. The molecule has 2 aliphatic rings. The van der Waals surface area contributed by atoms with Gasteiger partial charge < -0.3 is 0 Å². The summed E-state index contributed by atoms with van der Waals surface area (Å²) in [5.41, 5.74) is 0. The van der Waals surface area contributed by atoms with Gasteiger partial charge in [0.2, 0.25) is 0 Å². The van der Waals surface area contributed by atoms with Gasteiger partial charge in [0.25, 0.3) is 5.91 Å². The molecule has 0 aromatic rings. The summed E-state index contributed by atoms with van der Waals surface area (Å²) in [4.78, 5) is 9.90. The van der Waals surface area contributed by atoms with Gasteiger partial charge in [0, 0.05) is 6.08 Å². The number of carbonyl (C=O) groups excluding carboxylic acids is 1. The molecule has 2 aliphatic heterocycles. The van der Waals surface area contributed by atoms with Crippen LogP contribution in [0.15, 0.2) is 30.8 Å². The molecule has 0 aromatic heterocycles. The van der Waals surface area contributed by atoms with Gasteiger partial charge >= 0.3 is 23.7 Å². The molecule has 0 N–H and O–H groups in total. The maximum absolute atomic E-state index is 9.90. The van der Waals surface area contributed by atoms with Gasteiger partial charge in [-0.25, -0.2) is 0 Å². The standard InChI is InChI=1S/C3H2N2O.Fe.N2/c6-3-1-2-4-5-3;;1-2/h1-2H;;/q;+2;-2. The number of amides is 1. The summed E-state index contributed by atoms with van der Waals surface area (Å²) >= 11 is 0.750. The first-order valence-corrected chi connectivity index (χ1v) is 3.01. The molecule has 48 valence electrons. The zero-order valence-corrected chi connectivity index (χ0v) is 5.31. The van der Waals surface area contributed by atoms with Crippen molar-refractivity contribution in [2.24, 2.45) is 18.5 Å². The van der Waals surface area contributed by atoms with Gasteiger partial charge in [0.05, 0.1) is 6.20 Å². The summed E-state index contributed by atoms with van der Waals surface area (Å²) in [7, 11) is 0. The molecule has 0 atom stereocenters. The normalized spacial score (nSPS) is 18.4. The van der Waals surface area contributed by atoms with Crippen LogP contribution in [-0.4, -0.2) is 5.91 Å². The van der Waals surface area contributed by atoms with Crippen LogP contribution in [0.25, 0.3) is 0 Å². The Morgan fingerprint density at radius 2 is 2.11 bits per heavy atom. The van der Waals surface area contributed by atoms with Crippen molar-refractivity contribution in [3.05, 3.63) is 12.3 Å². The van der Waals surface area contributed by atoms with E-state index in [0.717, 1.165) is 15.4 Å². The Bertz CT molecular complexity index is 178. The molecule has 2 heterocycles. The monoisotopic (exact) mass is 166 g/mol. The maximum atomic E-state index is 9.90. The van der Waals surface area contributed by atoms with Crippen LogP contribution in [0.1, 0.15) is 0 Å². The van der Waals surface area contributed by atoms with E-state index in [1.54, 1.807) is 0 Å². The summed E-state index contributed by atoms with van der Waals surface area (Å²) in [6, 6.07) is 0. The molecule has 0 aliphatic carbocycles. The second-order valence-corrected chi connectivity index (χ2v) is 1.74. The van der Waals surface area contributed by atoms with Crippen molar-refractivity contribution in [1.82, 2.24) is 0 Å². The molecule has 2 rings (SSSR count). The Hall–Kier alpha value is -0.871. The fraction of sp³-hybridized carbons (Fsp3) is 0. The molecule has 9 heavy (non-hydrogen) atoms. The molecule has 0 spiro atoms. The van der Waals surface area contributed by atoms with Crippen molar-refractivity contribution >= 4 is 5.91 Å². The van der Waals surface area contributed by atoms with Crippen LogP contribution in [0.3, 0.4) is 0 Å². The molecular weight excluding hydrogens is 164 g/mol. The van der Waals surface area contributed by atoms with E-state index >= 15 is 0 Å². The van der Waals surface area contributed by atoms with Gasteiger partial charge in [-0.2, -0.15) is 5.11 Å². The zero-order valence-electron chi connectivity index (χ0n) is 4.21. The first-order chi connectivity index (χ1) is 4.39. The van der Waals surface area contributed by atoms with Gasteiger partial charge in [-0.15, -0.1) is 5.11 Å². The van der Waals surface area contributed by atoms with E-state index in [1.165, 1.54) is 12.3 Å². The molecule has 6 heteroatoms. The van der Waals surface area contributed by atoms with Crippen LogP contribution >= 0.6 is 0 Å². The molecular formula is C3H2FeN4O. The molecule has 0 radical (unpaired) electrons. The first kappa shape index (κ1) is 6.25. The average Bonchev–Trinajstić information content (AvgIpc) is 2.64. The van der Waals surface area contributed by atoms with Crippen molar-refractivity contribution < 1.29 is 20.2 Å². The first-order valence-electron chi connectivity index (χ1n) is 2.02. The van der Waals surface area contributed by atoms with Crippen molar-refractivity contribution in [2.45, 2.75) is 0 Å². The predicted molar refractivity (Wildman–Crippen MR) is 23.9 cm³/mol. The second-order valence-electron chi connectivity index (χ2n) is 1.08. The zero-order chi connectivity index (χ0) is 6.53. The van der Waals surface area contributed by atoms with Crippen LogP contribution in [0, 0.1) is 0 Å². The minimum atomic E-state index is -0.269. The number of hydrogen-bond acceptors (Lipinski definition) is 4. The molecule has 0 aromatic carbocycles. The van der Waals surface area contributed by atoms with Crippen LogP contribution in [0.2, 0.25) is 0 Å². The van der Waals surface area contributed by atoms with E-state index in [-0.39, 0.29) is 5.91 Å². The average molecular weight is 166 g/mol. The van der Waals surface area contributed by atoms with E-state index < -0.39 is 0 Å². The van der Waals surface area contributed by atoms with Crippen molar-refractivity contribution in [3.8, 4) is 0 Å². The third-order valence-electron chi connectivity index (χ3n) is 0.511. The van der Waals surface area contributed by atoms with Crippen LogP contribution in [0.5, 0.6) is 0 Å². The Morgan fingerprint density at radius 3 is 2.22 bits per heavy atom. The number of carbonyl (C=O) groups is 1. The molecule has 0 bridgehead atoms. The summed E-state index contributed by atoms with van der Waals surface area (Å²) in [5, 5.41) is 6.37. The van der Waals surface area contributed by atoms with Crippen molar-refractivity contribution in [2.75, 3.05) is 0 Å². The molecule has 0 saturated carbocycles. The van der Waals surface area contributed by atoms with E-state index in [9.17, 15) is 4.79 Å². The Labute approximate surface area is 57.5 Å². The van der Waals surface area contributed by atoms with Crippen molar-refractivity contribution in [1.29, 1.82) is 0 Å². The second kappa shape index (κ2) is 3.21. The van der Waals surface area contributed by atoms with E-state index in [0.29, 0.717) is 0 Å².